The Morgan fingerprint density at radius 2 is 2.04 bits per heavy atom. The zero-order valence-electron chi connectivity index (χ0n) is 14.5. The largest absolute Gasteiger partial charge is 0.444 e. The van der Waals surface area contributed by atoms with Gasteiger partial charge in [0, 0.05) is 18.7 Å². The summed E-state index contributed by atoms with van der Waals surface area (Å²) in [4.78, 5) is 28.2. The van der Waals surface area contributed by atoms with Gasteiger partial charge in [0.2, 0.25) is 5.91 Å². The predicted molar refractivity (Wildman–Crippen MR) is 89.1 cm³/mol. The van der Waals surface area contributed by atoms with E-state index in [2.05, 4.69) is 15.6 Å². The first-order valence-electron chi connectivity index (χ1n) is 8.52. The number of aromatic nitrogens is 1. The van der Waals surface area contributed by atoms with Gasteiger partial charge in [0.05, 0.1) is 11.2 Å². The molecule has 0 aromatic carbocycles. The normalized spacial score (nSPS) is 18.6. The van der Waals surface area contributed by atoms with Gasteiger partial charge in [0.15, 0.2) is 0 Å². The van der Waals surface area contributed by atoms with Gasteiger partial charge in [-0.1, -0.05) is 0 Å². The zero-order valence-corrected chi connectivity index (χ0v) is 14.5. The quantitative estimate of drug-likeness (QED) is 0.869. The van der Waals surface area contributed by atoms with Gasteiger partial charge in [-0.15, -0.1) is 0 Å². The van der Waals surface area contributed by atoms with E-state index in [0.717, 1.165) is 36.9 Å². The number of alkyl carbamates (subject to hydrolysis) is 1. The average molecular weight is 331 g/mol. The third-order valence-corrected chi connectivity index (χ3v) is 4.21. The van der Waals surface area contributed by atoms with Crippen LogP contribution in [0, 0.1) is 5.92 Å². The monoisotopic (exact) mass is 331 g/mol. The minimum atomic E-state index is -0.515. The van der Waals surface area contributed by atoms with E-state index in [4.69, 9.17) is 4.74 Å². The van der Waals surface area contributed by atoms with E-state index in [1.165, 1.54) is 0 Å². The summed E-state index contributed by atoms with van der Waals surface area (Å²) < 4.78 is 5.23. The molecule has 2 N–H and O–H groups in total. The van der Waals surface area contributed by atoms with Crippen molar-refractivity contribution < 1.29 is 14.3 Å². The first-order valence-corrected chi connectivity index (χ1v) is 8.52. The molecule has 0 saturated heterocycles. The highest BCUT2D eigenvalue weighted by molar-refractivity contribution is 5.82. The minimum absolute atomic E-state index is 0.145. The van der Waals surface area contributed by atoms with E-state index in [1.54, 1.807) is 6.20 Å². The van der Waals surface area contributed by atoms with Gasteiger partial charge in [-0.2, -0.15) is 0 Å². The van der Waals surface area contributed by atoms with Gasteiger partial charge in [0.25, 0.3) is 0 Å². The summed E-state index contributed by atoms with van der Waals surface area (Å²) in [5.74, 6) is 0.339. The number of nitrogens with one attached hydrogen (secondary N) is 2. The number of rotatable bonds is 5. The molecule has 0 aliphatic heterocycles. The Hall–Kier alpha value is -2.11. The number of pyridine rings is 1. The van der Waals surface area contributed by atoms with Crippen LogP contribution >= 0.6 is 0 Å². The molecule has 1 aromatic heterocycles. The highest BCUT2D eigenvalue weighted by Crippen LogP contribution is 2.45. The molecule has 0 bridgehead atoms. The molecular formula is C18H25N3O3. The zero-order chi connectivity index (χ0) is 17.4. The standard InChI is InChI=1S/C18H25N3O3/c1-17(2,3)24-16(23)20-11-12-6-9-19-14(10-12)18(7-8-18)21-15(22)13-4-5-13/h6,9-10,13H,4-5,7-8,11H2,1-3H3,(H,20,23)(H,21,22). The molecule has 0 spiro atoms. The number of hydrogen-bond donors (Lipinski definition) is 2. The Balaban J connectivity index is 1.60. The minimum Gasteiger partial charge on any atom is -0.444 e. The lowest BCUT2D eigenvalue weighted by atomic mass is 10.1. The second kappa shape index (κ2) is 6.07. The lowest BCUT2D eigenvalue weighted by molar-refractivity contribution is -0.123. The molecule has 2 aliphatic carbocycles. The second-order valence-electron chi connectivity index (χ2n) is 7.75. The third-order valence-electron chi connectivity index (χ3n) is 4.21. The van der Waals surface area contributed by atoms with Crippen LogP contribution in [-0.4, -0.2) is 22.6 Å². The van der Waals surface area contributed by atoms with Crippen LogP contribution in [0.25, 0.3) is 0 Å². The fraction of sp³-hybridized carbons (Fsp3) is 0.611. The molecule has 130 valence electrons. The molecule has 2 saturated carbocycles. The summed E-state index contributed by atoms with van der Waals surface area (Å²) in [6.07, 6.45) is 5.11. The Morgan fingerprint density at radius 3 is 2.62 bits per heavy atom. The van der Waals surface area contributed by atoms with Crippen LogP contribution in [0.5, 0.6) is 0 Å². The molecule has 1 aromatic rings. The van der Waals surface area contributed by atoms with Gasteiger partial charge in [-0.25, -0.2) is 4.79 Å². The molecule has 24 heavy (non-hydrogen) atoms. The molecule has 2 amide bonds. The summed E-state index contributed by atoms with van der Waals surface area (Å²) in [6, 6.07) is 3.82. The summed E-state index contributed by atoms with van der Waals surface area (Å²) in [5, 5.41) is 5.90. The summed E-state index contributed by atoms with van der Waals surface area (Å²) in [6.45, 7) is 5.86. The van der Waals surface area contributed by atoms with Gasteiger partial charge in [-0.3, -0.25) is 9.78 Å². The Labute approximate surface area is 142 Å². The van der Waals surface area contributed by atoms with Crippen molar-refractivity contribution in [3.63, 3.8) is 0 Å². The summed E-state index contributed by atoms with van der Waals surface area (Å²) in [7, 11) is 0. The maximum absolute atomic E-state index is 12.1. The van der Waals surface area contributed by atoms with Crippen molar-refractivity contribution in [2.75, 3.05) is 0 Å². The fourth-order valence-corrected chi connectivity index (χ4v) is 2.59. The molecule has 0 radical (unpaired) electrons. The van der Waals surface area contributed by atoms with Crippen molar-refractivity contribution >= 4 is 12.0 Å². The molecular weight excluding hydrogens is 306 g/mol. The van der Waals surface area contributed by atoms with E-state index in [0.29, 0.717) is 6.54 Å². The van der Waals surface area contributed by atoms with Crippen molar-refractivity contribution in [3.05, 3.63) is 29.6 Å². The number of nitrogens with zero attached hydrogens (tertiary/aromatic N) is 1. The third kappa shape index (κ3) is 4.24. The van der Waals surface area contributed by atoms with E-state index in [-0.39, 0.29) is 17.4 Å². The first-order chi connectivity index (χ1) is 11.3. The molecule has 1 heterocycles. The molecule has 2 fully saturated rings. The van der Waals surface area contributed by atoms with Crippen molar-refractivity contribution in [2.24, 2.45) is 5.92 Å². The average Bonchev–Trinajstić information content (AvgIpc) is 3.37. The lowest BCUT2D eigenvalue weighted by Crippen LogP contribution is -2.36. The van der Waals surface area contributed by atoms with E-state index < -0.39 is 11.7 Å². The fourth-order valence-electron chi connectivity index (χ4n) is 2.59. The number of amides is 2. The topological polar surface area (TPSA) is 80.3 Å². The van der Waals surface area contributed by atoms with Gasteiger partial charge in [0.1, 0.15) is 5.60 Å². The maximum atomic E-state index is 12.1. The smallest absolute Gasteiger partial charge is 0.407 e. The van der Waals surface area contributed by atoms with Crippen LogP contribution in [-0.2, 0) is 21.6 Å². The van der Waals surface area contributed by atoms with Gasteiger partial charge < -0.3 is 15.4 Å². The van der Waals surface area contributed by atoms with Crippen molar-refractivity contribution in [2.45, 2.75) is 64.1 Å². The predicted octanol–water partition coefficient (Wildman–Crippen LogP) is 2.62. The van der Waals surface area contributed by atoms with E-state index >= 15 is 0 Å². The number of hydrogen-bond acceptors (Lipinski definition) is 4. The summed E-state index contributed by atoms with van der Waals surface area (Å²) in [5.41, 5.74) is 0.998. The van der Waals surface area contributed by atoms with E-state index in [1.807, 2.05) is 32.9 Å². The highest BCUT2D eigenvalue weighted by atomic mass is 16.6. The maximum Gasteiger partial charge on any atom is 0.407 e. The summed E-state index contributed by atoms with van der Waals surface area (Å²) >= 11 is 0. The lowest BCUT2D eigenvalue weighted by Gasteiger charge is -2.20. The SMILES string of the molecule is CC(C)(C)OC(=O)NCc1ccnc(C2(NC(=O)C3CC3)CC2)c1. The Bertz CT molecular complexity index is 643. The van der Waals surface area contributed by atoms with E-state index in [9.17, 15) is 9.59 Å². The number of ether oxygens (including phenoxy) is 1. The molecule has 6 heteroatoms. The van der Waals surface area contributed by atoms with Crippen LogP contribution in [0.2, 0.25) is 0 Å². The van der Waals surface area contributed by atoms with Crippen molar-refractivity contribution in [1.29, 1.82) is 0 Å². The van der Waals surface area contributed by atoms with Crippen LogP contribution in [0.15, 0.2) is 18.3 Å². The number of carbonyl (C=O) groups is 2. The molecule has 3 rings (SSSR count). The van der Waals surface area contributed by atoms with Crippen molar-refractivity contribution in [3.8, 4) is 0 Å². The van der Waals surface area contributed by atoms with Crippen LogP contribution in [0.4, 0.5) is 4.79 Å². The first kappa shape index (κ1) is 16.7. The van der Waals surface area contributed by atoms with Crippen LogP contribution in [0.3, 0.4) is 0 Å². The molecule has 6 nitrogen and oxygen atoms in total. The number of carbonyl (C=O) groups excluding carboxylic acids is 2. The van der Waals surface area contributed by atoms with Crippen LogP contribution < -0.4 is 10.6 Å². The Morgan fingerprint density at radius 1 is 1.33 bits per heavy atom. The van der Waals surface area contributed by atoms with Gasteiger partial charge in [-0.05, 0) is 64.2 Å². The molecule has 2 aliphatic rings. The highest BCUT2D eigenvalue weighted by Gasteiger charge is 2.48. The molecule has 0 atom stereocenters. The second-order valence-corrected chi connectivity index (χ2v) is 7.75. The molecule has 0 unspecified atom stereocenters. The Kier molecular flexibility index (Phi) is 4.24. The van der Waals surface area contributed by atoms with Gasteiger partial charge >= 0.3 is 6.09 Å². The van der Waals surface area contributed by atoms with Crippen molar-refractivity contribution in [1.82, 2.24) is 15.6 Å². The van der Waals surface area contributed by atoms with Crippen LogP contribution in [0.1, 0.15) is 57.7 Å².